The van der Waals surface area contributed by atoms with Crippen molar-refractivity contribution in [2.75, 3.05) is 13.7 Å². The van der Waals surface area contributed by atoms with Crippen molar-refractivity contribution in [2.45, 2.75) is 19.6 Å². The smallest absolute Gasteiger partial charge is 0.162 e. The molecule has 0 atom stereocenters. The summed E-state index contributed by atoms with van der Waals surface area (Å²) in [5.41, 5.74) is 2.67. The lowest BCUT2D eigenvalue weighted by Crippen LogP contribution is -2.03. The zero-order chi connectivity index (χ0) is 15.1. The second kappa shape index (κ2) is 7.67. The molecule has 2 N–H and O–H groups in total. The van der Waals surface area contributed by atoms with Gasteiger partial charge in [0, 0.05) is 6.61 Å². The fourth-order valence-electron chi connectivity index (χ4n) is 2.15. The van der Waals surface area contributed by atoms with Gasteiger partial charge in [-0.25, -0.2) is 0 Å². The van der Waals surface area contributed by atoms with Crippen LogP contribution < -0.4 is 9.47 Å². The summed E-state index contributed by atoms with van der Waals surface area (Å²) in [5, 5.41) is 18.5. The van der Waals surface area contributed by atoms with E-state index in [1.54, 1.807) is 13.2 Å². The van der Waals surface area contributed by atoms with Crippen molar-refractivity contribution in [3.8, 4) is 11.5 Å². The Labute approximate surface area is 124 Å². The van der Waals surface area contributed by atoms with Crippen molar-refractivity contribution in [3.63, 3.8) is 0 Å². The number of aliphatic hydroxyl groups is 2. The molecule has 21 heavy (non-hydrogen) atoms. The molecule has 0 fully saturated rings. The third-order valence-electron chi connectivity index (χ3n) is 3.27. The molecule has 0 heterocycles. The van der Waals surface area contributed by atoms with E-state index in [2.05, 4.69) is 0 Å². The van der Waals surface area contributed by atoms with Gasteiger partial charge in [0.15, 0.2) is 11.5 Å². The highest BCUT2D eigenvalue weighted by Crippen LogP contribution is 2.32. The monoisotopic (exact) mass is 288 g/mol. The van der Waals surface area contributed by atoms with Crippen LogP contribution in [0.1, 0.15) is 16.7 Å². The summed E-state index contributed by atoms with van der Waals surface area (Å²) in [5.74, 6) is 1.19. The number of benzene rings is 2. The maximum absolute atomic E-state index is 9.44. The molecule has 2 aromatic carbocycles. The number of methoxy groups -OCH3 is 1. The van der Waals surface area contributed by atoms with Gasteiger partial charge in [-0.2, -0.15) is 0 Å². The average molecular weight is 288 g/mol. The van der Waals surface area contributed by atoms with E-state index in [4.69, 9.17) is 14.6 Å². The van der Waals surface area contributed by atoms with E-state index in [9.17, 15) is 5.11 Å². The molecule has 0 aromatic heterocycles. The van der Waals surface area contributed by atoms with E-state index < -0.39 is 0 Å². The maximum Gasteiger partial charge on any atom is 0.162 e. The molecule has 0 spiro atoms. The molecule has 0 amide bonds. The number of hydrogen-bond donors (Lipinski definition) is 2. The molecule has 0 aliphatic heterocycles. The minimum atomic E-state index is -0.0962. The van der Waals surface area contributed by atoms with Gasteiger partial charge in [0.2, 0.25) is 0 Å². The first-order chi connectivity index (χ1) is 10.3. The van der Waals surface area contributed by atoms with Crippen molar-refractivity contribution in [1.29, 1.82) is 0 Å². The fraction of sp³-hybridized carbons (Fsp3) is 0.294. The quantitative estimate of drug-likeness (QED) is 0.821. The van der Waals surface area contributed by atoms with E-state index >= 15 is 0 Å². The molecule has 0 aliphatic rings. The molecule has 4 nitrogen and oxygen atoms in total. The zero-order valence-electron chi connectivity index (χ0n) is 12.1. The van der Waals surface area contributed by atoms with E-state index in [0.29, 0.717) is 24.5 Å². The second-order valence-electron chi connectivity index (χ2n) is 4.68. The van der Waals surface area contributed by atoms with Crippen molar-refractivity contribution in [1.82, 2.24) is 0 Å². The van der Waals surface area contributed by atoms with Crippen molar-refractivity contribution < 1.29 is 19.7 Å². The first-order valence-electron chi connectivity index (χ1n) is 6.86. The summed E-state index contributed by atoms with van der Waals surface area (Å²) in [7, 11) is 1.58. The van der Waals surface area contributed by atoms with Gasteiger partial charge in [0.05, 0.1) is 13.7 Å². The Kier molecular flexibility index (Phi) is 5.60. The summed E-state index contributed by atoms with van der Waals surface area (Å²) in [6.07, 6.45) is 0.477. The predicted octanol–water partition coefficient (Wildman–Crippen LogP) is 2.30. The average Bonchev–Trinajstić information content (AvgIpc) is 2.54. The summed E-state index contributed by atoms with van der Waals surface area (Å²) in [6.45, 7) is 0.364. The summed E-state index contributed by atoms with van der Waals surface area (Å²) >= 11 is 0. The third kappa shape index (κ3) is 3.97. The van der Waals surface area contributed by atoms with Crippen LogP contribution in [-0.4, -0.2) is 23.9 Å². The van der Waals surface area contributed by atoms with Gasteiger partial charge in [-0.3, -0.25) is 0 Å². The van der Waals surface area contributed by atoms with Crippen molar-refractivity contribution in [3.05, 3.63) is 59.2 Å². The number of hydrogen-bond acceptors (Lipinski definition) is 4. The molecular weight excluding hydrogens is 268 g/mol. The van der Waals surface area contributed by atoms with Crippen LogP contribution in [0.4, 0.5) is 0 Å². The minimum absolute atomic E-state index is 0.0281. The molecule has 0 bridgehead atoms. The van der Waals surface area contributed by atoms with Crippen LogP contribution >= 0.6 is 0 Å². The normalized spacial score (nSPS) is 10.4. The van der Waals surface area contributed by atoms with Crippen LogP contribution in [-0.2, 0) is 19.6 Å². The molecule has 0 unspecified atom stereocenters. The number of aliphatic hydroxyl groups excluding tert-OH is 2. The third-order valence-corrected chi connectivity index (χ3v) is 3.27. The minimum Gasteiger partial charge on any atom is -0.493 e. The molecule has 0 saturated heterocycles. The van der Waals surface area contributed by atoms with Gasteiger partial charge >= 0.3 is 0 Å². The van der Waals surface area contributed by atoms with E-state index in [1.807, 2.05) is 36.4 Å². The van der Waals surface area contributed by atoms with Crippen LogP contribution in [0.25, 0.3) is 0 Å². The van der Waals surface area contributed by atoms with E-state index in [0.717, 1.165) is 16.7 Å². The first-order valence-corrected chi connectivity index (χ1v) is 6.86. The van der Waals surface area contributed by atoms with Crippen molar-refractivity contribution in [2.24, 2.45) is 0 Å². The highest BCUT2D eigenvalue weighted by Gasteiger charge is 2.11. The molecule has 0 radical (unpaired) electrons. The Balaban J connectivity index is 2.21. The lowest BCUT2D eigenvalue weighted by atomic mass is 10.0. The number of rotatable bonds is 7. The van der Waals surface area contributed by atoms with Crippen LogP contribution in [0.2, 0.25) is 0 Å². The van der Waals surface area contributed by atoms with Crippen molar-refractivity contribution >= 4 is 0 Å². The van der Waals surface area contributed by atoms with E-state index in [-0.39, 0.29) is 13.2 Å². The van der Waals surface area contributed by atoms with Crippen LogP contribution in [0.5, 0.6) is 11.5 Å². The summed E-state index contributed by atoms with van der Waals surface area (Å²) < 4.78 is 11.1. The van der Waals surface area contributed by atoms with Gasteiger partial charge < -0.3 is 19.7 Å². The van der Waals surface area contributed by atoms with E-state index in [1.165, 1.54) is 0 Å². The summed E-state index contributed by atoms with van der Waals surface area (Å²) in [6, 6.07) is 13.4. The highest BCUT2D eigenvalue weighted by atomic mass is 16.5. The Morgan fingerprint density at radius 3 is 2.29 bits per heavy atom. The fourth-order valence-corrected chi connectivity index (χ4v) is 2.15. The van der Waals surface area contributed by atoms with Crippen LogP contribution in [0, 0.1) is 0 Å². The van der Waals surface area contributed by atoms with Gasteiger partial charge in [-0.1, -0.05) is 30.3 Å². The van der Waals surface area contributed by atoms with Gasteiger partial charge in [-0.15, -0.1) is 0 Å². The predicted molar refractivity (Wildman–Crippen MR) is 80.5 cm³/mol. The Bertz CT molecular complexity index is 567. The molecule has 2 aromatic rings. The molecular formula is C17H20O4. The van der Waals surface area contributed by atoms with Gasteiger partial charge in [0.1, 0.15) is 6.61 Å². The molecule has 2 rings (SSSR count). The molecule has 4 heteroatoms. The molecule has 0 saturated carbocycles. The van der Waals surface area contributed by atoms with Crippen LogP contribution in [0.3, 0.4) is 0 Å². The summed E-state index contributed by atoms with van der Waals surface area (Å²) in [4.78, 5) is 0. The standard InChI is InChI=1S/C17H20O4/c1-20-16-9-14(7-8-18)15(11-19)10-17(16)21-12-13-5-3-2-4-6-13/h2-6,9-10,18-19H,7-8,11-12H2,1H3. The second-order valence-corrected chi connectivity index (χ2v) is 4.68. The lowest BCUT2D eigenvalue weighted by Gasteiger charge is -2.15. The Morgan fingerprint density at radius 2 is 1.67 bits per heavy atom. The Morgan fingerprint density at radius 1 is 0.952 bits per heavy atom. The SMILES string of the molecule is COc1cc(CCO)c(CO)cc1OCc1ccccc1. The van der Waals surface area contributed by atoms with Gasteiger partial charge in [-0.05, 0) is 35.2 Å². The topological polar surface area (TPSA) is 58.9 Å². The lowest BCUT2D eigenvalue weighted by molar-refractivity contribution is 0.267. The Hall–Kier alpha value is -2.04. The first kappa shape index (κ1) is 15.4. The molecule has 0 aliphatic carbocycles. The number of ether oxygens (including phenoxy) is 2. The van der Waals surface area contributed by atoms with Crippen LogP contribution in [0.15, 0.2) is 42.5 Å². The van der Waals surface area contributed by atoms with Gasteiger partial charge in [0.25, 0.3) is 0 Å². The molecule has 112 valence electrons. The zero-order valence-corrected chi connectivity index (χ0v) is 12.1. The maximum atomic E-state index is 9.44. The highest BCUT2D eigenvalue weighted by molar-refractivity contribution is 5.47. The largest absolute Gasteiger partial charge is 0.493 e.